The topological polar surface area (TPSA) is 66.2 Å². The first-order chi connectivity index (χ1) is 6.69. The molecular formula is C10H14NO3-. The van der Waals surface area contributed by atoms with E-state index < -0.39 is 5.97 Å². The van der Waals surface area contributed by atoms with E-state index in [1.807, 2.05) is 13.8 Å². The lowest BCUT2D eigenvalue weighted by Gasteiger charge is -2.02. The first-order valence-corrected chi connectivity index (χ1v) is 4.85. The molecule has 0 unspecified atom stereocenters. The molecule has 0 bridgehead atoms. The standard InChI is InChI=1S/C10H15NO3/c1-3-8-7(5-6-10(12)13)9(4-2)14-11-8/h3-6H2,1-2H3,(H,12,13)/p-1. The van der Waals surface area contributed by atoms with E-state index in [4.69, 9.17) is 4.52 Å². The molecule has 14 heavy (non-hydrogen) atoms. The van der Waals surface area contributed by atoms with Crippen molar-refractivity contribution in [2.75, 3.05) is 0 Å². The summed E-state index contributed by atoms with van der Waals surface area (Å²) >= 11 is 0. The molecule has 4 heteroatoms. The van der Waals surface area contributed by atoms with Gasteiger partial charge in [-0.05, 0) is 19.3 Å². The van der Waals surface area contributed by atoms with Gasteiger partial charge >= 0.3 is 0 Å². The van der Waals surface area contributed by atoms with Gasteiger partial charge in [-0.2, -0.15) is 0 Å². The van der Waals surface area contributed by atoms with Crippen LogP contribution in [0.5, 0.6) is 0 Å². The molecule has 0 amide bonds. The van der Waals surface area contributed by atoms with Crippen LogP contribution in [-0.4, -0.2) is 11.1 Å². The predicted molar refractivity (Wildman–Crippen MR) is 48.6 cm³/mol. The van der Waals surface area contributed by atoms with Gasteiger partial charge in [0, 0.05) is 18.0 Å². The maximum absolute atomic E-state index is 10.3. The second-order valence-corrected chi connectivity index (χ2v) is 3.11. The molecule has 0 aliphatic carbocycles. The van der Waals surface area contributed by atoms with Crippen LogP contribution in [0.3, 0.4) is 0 Å². The molecule has 0 N–H and O–H groups in total. The van der Waals surface area contributed by atoms with E-state index in [1.165, 1.54) is 0 Å². The van der Waals surface area contributed by atoms with Gasteiger partial charge in [-0.25, -0.2) is 0 Å². The van der Waals surface area contributed by atoms with Crippen molar-refractivity contribution >= 4 is 5.97 Å². The van der Waals surface area contributed by atoms with Crippen LogP contribution in [0.25, 0.3) is 0 Å². The molecule has 0 aliphatic rings. The monoisotopic (exact) mass is 196 g/mol. The quantitative estimate of drug-likeness (QED) is 0.687. The summed E-state index contributed by atoms with van der Waals surface area (Å²) < 4.78 is 5.10. The Bertz CT molecular complexity index is 296. The maximum Gasteiger partial charge on any atom is 0.139 e. The van der Waals surface area contributed by atoms with Crippen LogP contribution in [0.4, 0.5) is 0 Å². The number of carboxylic acids is 1. The zero-order valence-corrected chi connectivity index (χ0v) is 8.50. The second kappa shape index (κ2) is 4.79. The number of aryl methyl sites for hydroxylation is 2. The molecule has 0 radical (unpaired) electrons. The van der Waals surface area contributed by atoms with Crippen molar-refractivity contribution in [1.82, 2.24) is 5.16 Å². The lowest BCUT2D eigenvalue weighted by Crippen LogP contribution is -2.22. The Kier molecular flexibility index (Phi) is 3.68. The third kappa shape index (κ3) is 2.34. The predicted octanol–water partition coefficient (Wildman–Crippen LogP) is 0.482. The van der Waals surface area contributed by atoms with Gasteiger partial charge in [0.05, 0.1) is 5.69 Å². The minimum atomic E-state index is -1.03. The molecule has 1 heterocycles. The molecule has 0 saturated heterocycles. The fourth-order valence-corrected chi connectivity index (χ4v) is 1.45. The Labute approximate surface area is 82.9 Å². The molecule has 0 fully saturated rings. The number of carboxylic acid groups (broad SMARTS) is 1. The first kappa shape index (κ1) is 10.8. The third-order valence-corrected chi connectivity index (χ3v) is 2.19. The van der Waals surface area contributed by atoms with Crippen molar-refractivity contribution in [2.45, 2.75) is 39.5 Å². The van der Waals surface area contributed by atoms with E-state index in [2.05, 4.69) is 5.16 Å². The summed E-state index contributed by atoms with van der Waals surface area (Å²) in [4.78, 5) is 10.3. The molecular weight excluding hydrogens is 182 g/mol. The highest BCUT2D eigenvalue weighted by molar-refractivity contribution is 5.64. The van der Waals surface area contributed by atoms with Gasteiger partial charge in [-0.15, -0.1) is 0 Å². The van der Waals surface area contributed by atoms with Crippen molar-refractivity contribution in [2.24, 2.45) is 0 Å². The van der Waals surface area contributed by atoms with Crippen LogP contribution >= 0.6 is 0 Å². The number of nitrogens with zero attached hydrogens (tertiary/aromatic N) is 1. The van der Waals surface area contributed by atoms with E-state index in [0.29, 0.717) is 6.42 Å². The average molecular weight is 196 g/mol. The summed E-state index contributed by atoms with van der Waals surface area (Å²) in [5.41, 5.74) is 1.81. The molecule has 0 atom stereocenters. The number of hydrogen-bond acceptors (Lipinski definition) is 4. The van der Waals surface area contributed by atoms with E-state index >= 15 is 0 Å². The third-order valence-electron chi connectivity index (χ3n) is 2.19. The van der Waals surface area contributed by atoms with Crippen molar-refractivity contribution in [3.8, 4) is 0 Å². The molecule has 4 nitrogen and oxygen atoms in total. The number of hydrogen-bond donors (Lipinski definition) is 0. The van der Waals surface area contributed by atoms with Crippen LogP contribution in [-0.2, 0) is 24.1 Å². The van der Waals surface area contributed by atoms with Gasteiger partial charge in [0.25, 0.3) is 0 Å². The van der Waals surface area contributed by atoms with E-state index in [0.717, 1.165) is 29.9 Å². The minimum Gasteiger partial charge on any atom is -0.550 e. The zero-order chi connectivity index (χ0) is 10.6. The second-order valence-electron chi connectivity index (χ2n) is 3.11. The molecule has 0 saturated carbocycles. The normalized spacial score (nSPS) is 10.4. The minimum absolute atomic E-state index is 0.0290. The zero-order valence-electron chi connectivity index (χ0n) is 8.50. The van der Waals surface area contributed by atoms with Gasteiger partial charge in [0.15, 0.2) is 0 Å². The highest BCUT2D eigenvalue weighted by Crippen LogP contribution is 2.17. The van der Waals surface area contributed by atoms with Crippen LogP contribution < -0.4 is 5.11 Å². The summed E-state index contributed by atoms with van der Waals surface area (Å²) in [6, 6.07) is 0. The number of carbonyl (C=O) groups is 1. The Hall–Kier alpha value is -1.32. The number of aromatic nitrogens is 1. The van der Waals surface area contributed by atoms with E-state index in [-0.39, 0.29) is 6.42 Å². The lowest BCUT2D eigenvalue weighted by atomic mass is 10.0. The van der Waals surface area contributed by atoms with Crippen LogP contribution in [0.15, 0.2) is 4.52 Å². The molecule has 1 rings (SSSR count). The Balaban J connectivity index is 2.80. The smallest absolute Gasteiger partial charge is 0.139 e. The van der Waals surface area contributed by atoms with Gasteiger partial charge in [0.2, 0.25) is 0 Å². The molecule has 1 aromatic rings. The average Bonchev–Trinajstić information content (AvgIpc) is 2.56. The lowest BCUT2D eigenvalue weighted by molar-refractivity contribution is -0.305. The number of aliphatic carboxylic acids is 1. The Morgan fingerprint density at radius 1 is 1.43 bits per heavy atom. The van der Waals surface area contributed by atoms with Crippen molar-refractivity contribution in [1.29, 1.82) is 0 Å². The highest BCUT2D eigenvalue weighted by Gasteiger charge is 2.12. The Morgan fingerprint density at radius 3 is 2.64 bits per heavy atom. The van der Waals surface area contributed by atoms with E-state index in [1.54, 1.807) is 0 Å². The number of carbonyl (C=O) groups excluding carboxylic acids is 1. The fraction of sp³-hybridized carbons (Fsp3) is 0.600. The maximum atomic E-state index is 10.3. The van der Waals surface area contributed by atoms with Gasteiger partial charge in [-0.1, -0.05) is 19.0 Å². The summed E-state index contributed by atoms with van der Waals surface area (Å²) in [6.07, 6.45) is 2.00. The van der Waals surface area contributed by atoms with Crippen LogP contribution in [0.1, 0.15) is 37.3 Å². The molecule has 78 valence electrons. The SMILES string of the molecule is CCc1noc(CC)c1CCC(=O)[O-]. The largest absolute Gasteiger partial charge is 0.550 e. The Morgan fingerprint density at radius 2 is 2.14 bits per heavy atom. The summed E-state index contributed by atoms with van der Waals surface area (Å²) in [5, 5.41) is 14.2. The van der Waals surface area contributed by atoms with Crippen LogP contribution in [0.2, 0.25) is 0 Å². The van der Waals surface area contributed by atoms with Crippen molar-refractivity contribution < 1.29 is 14.4 Å². The molecule has 1 aromatic heterocycles. The van der Waals surface area contributed by atoms with Crippen molar-refractivity contribution in [3.05, 3.63) is 17.0 Å². The summed E-state index contributed by atoms with van der Waals surface area (Å²) in [6.45, 7) is 3.93. The molecule has 0 aromatic carbocycles. The highest BCUT2D eigenvalue weighted by atomic mass is 16.5. The van der Waals surface area contributed by atoms with Crippen molar-refractivity contribution in [3.63, 3.8) is 0 Å². The van der Waals surface area contributed by atoms with E-state index in [9.17, 15) is 9.90 Å². The summed E-state index contributed by atoms with van der Waals surface area (Å²) in [7, 11) is 0. The van der Waals surface area contributed by atoms with Gasteiger partial charge in [-0.3, -0.25) is 0 Å². The van der Waals surface area contributed by atoms with Crippen LogP contribution in [0, 0.1) is 0 Å². The van der Waals surface area contributed by atoms with Gasteiger partial charge < -0.3 is 14.4 Å². The first-order valence-electron chi connectivity index (χ1n) is 4.85. The van der Waals surface area contributed by atoms with Gasteiger partial charge in [0.1, 0.15) is 5.76 Å². The molecule has 0 spiro atoms. The fourth-order valence-electron chi connectivity index (χ4n) is 1.45. The molecule has 0 aliphatic heterocycles. The number of rotatable bonds is 5. The summed E-state index contributed by atoms with van der Waals surface area (Å²) in [5.74, 6) is -0.238.